The van der Waals surface area contributed by atoms with Crippen LogP contribution in [0.15, 0.2) is 48.5 Å². The van der Waals surface area contributed by atoms with E-state index in [1.807, 2.05) is 12.1 Å². The van der Waals surface area contributed by atoms with E-state index in [1.54, 1.807) is 29.2 Å². The minimum atomic E-state index is -0.277. The normalized spacial score (nSPS) is 18.6. The molecule has 2 aromatic rings. The van der Waals surface area contributed by atoms with Crippen LogP contribution < -0.4 is 4.90 Å². The average molecular weight is 308 g/mol. The second-order valence-corrected chi connectivity index (χ2v) is 5.96. The molecule has 0 radical (unpaired) electrons. The third-order valence-electron chi connectivity index (χ3n) is 3.13. The first-order valence-corrected chi connectivity index (χ1v) is 7.52. The number of carbonyl (C=O) groups is 1. The Morgan fingerprint density at radius 3 is 2.40 bits per heavy atom. The van der Waals surface area contributed by atoms with Crippen molar-refractivity contribution >= 4 is 35.0 Å². The van der Waals surface area contributed by atoms with Crippen molar-refractivity contribution in [1.82, 2.24) is 0 Å². The Labute approximate surface area is 125 Å². The van der Waals surface area contributed by atoms with E-state index in [4.69, 9.17) is 11.6 Å². The van der Waals surface area contributed by atoms with Gasteiger partial charge in [-0.2, -0.15) is 0 Å². The third kappa shape index (κ3) is 2.53. The highest BCUT2D eigenvalue weighted by Crippen LogP contribution is 2.41. The van der Waals surface area contributed by atoms with Gasteiger partial charge in [0.25, 0.3) is 0 Å². The fourth-order valence-electron chi connectivity index (χ4n) is 2.18. The summed E-state index contributed by atoms with van der Waals surface area (Å²) in [6.07, 6.45) is 0. The van der Waals surface area contributed by atoms with Gasteiger partial charge in [0, 0.05) is 10.7 Å². The molecule has 2 nitrogen and oxygen atoms in total. The maximum absolute atomic E-state index is 13.0. The summed E-state index contributed by atoms with van der Waals surface area (Å²) in [5.41, 5.74) is 1.72. The van der Waals surface area contributed by atoms with Gasteiger partial charge in [0.15, 0.2) is 0 Å². The molecule has 1 fully saturated rings. The van der Waals surface area contributed by atoms with Crippen molar-refractivity contribution in [3.63, 3.8) is 0 Å². The van der Waals surface area contributed by atoms with Gasteiger partial charge in [-0.15, -0.1) is 11.8 Å². The number of carbonyl (C=O) groups excluding carboxylic acids is 1. The van der Waals surface area contributed by atoms with Crippen LogP contribution in [0.1, 0.15) is 10.9 Å². The number of nitrogens with zero attached hydrogens (tertiary/aromatic N) is 1. The molecule has 5 heteroatoms. The van der Waals surface area contributed by atoms with Crippen molar-refractivity contribution in [2.75, 3.05) is 10.7 Å². The smallest absolute Gasteiger partial charge is 0.238 e. The standard InChI is InChI=1S/C15H11ClFNOS/c16-11-3-7-13(8-4-11)18-14(19)9-20-15(18)10-1-5-12(17)6-2-10/h1-8,15H,9H2. The molecular formula is C15H11ClFNOS. The van der Waals surface area contributed by atoms with Crippen LogP contribution >= 0.6 is 23.4 Å². The molecule has 0 bridgehead atoms. The number of thioether (sulfide) groups is 1. The van der Waals surface area contributed by atoms with Gasteiger partial charge in [-0.25, -0.2) is 4.39 Å². The summed E-state index contributed by atoms with van der Waals surface area (Å²) in [6.45, 7) is 0. The van der Waals surface area contributed by atoms with E-state index in [0.29, 0.717) is 10.8 Å². The number of benzene rings is 2. The van der Waals surface area contributed by atoms with Crippen molar-refractivity contribution in [3.8, 4) is 0 Å². The SMILES string of the molecule is O=C1CSC(c2ccc(F)cc2)N1c1ccc(Cl)cc1. The molecule has 1 saturated heterocycles. The molecule has 3 rings (SSSR count). The van der Waals surface area contributed by atoms with Crippen LogP contribution in [-0.2, 0) is 4.79 Å². The Morgan fingerprint density at radius 2 is 1.75 bits per heavy atom. The summed E-state index contributed by atoms with van der Waals surface area (Å²) in [4.78, 5) is 13.8. The topological polar surface area (TPSA) is 20.3 Å². The maximum Gasteiger partial charge on any atom is 0.238 e. The average Bonchev–Trinajstić information content (AvgIpc) is 2.83. The second kappa shape index (κ2) is 5.46. The van der Waals surface area contributed by atoms with E-state index in [-0.39, 0.29) is 17.1 Å². The van der Waals surface area contributed by atoms with Gasteiger partial charge in [0.1, 0.15) is 11.2 Å². The fraction of sp³-hybridized carbons (Fsp3) is 0.133. The molecular weight excluding hydrogens is 297 g/mol. The zero-order chi connectivity index (χ0) is 14.1. The third-order valence-corrected chi connectivity index (χ3v) is 4.59. The number of hydrogen-bond acceptors (Lipinski definition) is 2. The molecule has 0 saturated carbocycles. The van der Waals surface area contributed by atoms with Gasteiger partial charge in [-0.1, -0.05) is 23.7 Å². The fourth-order valence-corrected chi connectivity index (χ4v) is 3.48. The number of rotatable bonds is 2. The lowest BCUT2D eigenvalue weighted by molar-refractivity contribution is -0.115. The van der Waals surface area contributed by atoms with Crippen molar-refractivity contribution < 1.29 is 9.18 Å². The molecule has 1 atom stereocenters. The van der Waals surface area contributed by atoms with Crippen LogP contribution in [0.3, 0.4) is 0 Å². The molecule has 1 aliphatic rings. The highest BCUT2D eigenvalue weighted by molar-refractivity contribution is 8.00. The summed E-state index contributed by atoms with van der Waals surface area (Å²) in [6, 6.07) is 13.4. The summed E-state index contributed by atoms with van der Waals surface area (Å²) < 4.78 is 13.0. The van der Waals surface area contributed by atoms with Crippen molar-refractivity contribution in [2.45, 2.75) is 5.37 Å². The van der Waals surface area contributed by atoms with E-state index in [0.717, 1.165) is 11.3 Å². The summed E-state index contributed by atoms with van der Waals surface area (Å²) in [5, 5.41) is 0.510. The first-order valence-electron chi connectivity index (χ1n) is 6.10. The first-order chi connectivity index (χ1) is 9.65. The minimum Gasteiger partial charge on any atom is -0.295 e. The summed E-state index contributed by atoms with van der Waals surface area (Å²) in [5.74, 6) is 0.192. The first kappa shape index (κ1) is 13.5. The predicted molar refractivity (Wildman–Crippen MR) is 80.5 cm³/mol. The highest BCUT2D eigenvalue weighted by atomic mass is 35.5. The van der Waals surface area contributed by atoms with E-state index in [1.165, 1.54) is 23.9 Å². The lowest BCUT2D eigenvalue weighted by Crippen LogP contribution is -2.27. The van der Waals surface area contributed by atoms with E-state index in [9.17, 15) is 9.18 Å². The summed E-state index contributed by atoms with van der Waals surface area (Å²) in [7, 11) is 0. The van der Waals surface area contributed by atoms with Crippen LogP contribution in [0.2, 0.25) is 5.02 Å². The quantitative estimate of drug-likeness (QED) is 0.826. The molecule has 2 aromatic carbocycles. The highest BCUT2D eigenvalue weighted by Gasteiger charge is 2.33. The summed E-state index contributed by atoms with van der Waals surface area (Å²) >= 11 is 7.41. The molecule has 102 valence electrons. The number of anilines is 1. The number of amides is 1. The van der Waals surface area contributed by atoms with Crippen LogP contribution in [-0.4, -0.2) is 11.7 Å². The molecule has 1 unspecified atom stereocenters. The van der Waals surface area contributed by atoms with Gasteiger partial charge >= 0.3 is 0 Å². The van der Waals surface area contributed by atoms with Gasteiger partial charge < -0.3 is 0 Å². The molecule has 0 spiro atoms. The number of hydrogen-bond donors (Lipinski definition) is 0. The van der Waals surface area contributed by atoms with Crippen LogP contribution in [0.4, 0.5) is 10.1 Å². The zero-order valence-corrected chi connectivity index (χ0v) is 12.0. The number of halogens is 2. The Kier molecular flexibility index (Phi) is 3.68. The lowest BCUT2D eigenvalue weighted by Gasteiger charge is -2.24. The Balaban J connectivity index is 1.96. The zero-order valence-electron chi connectivity index (χ0n) is 10.4. The van der Waals surface area contributed by atoms with Crippen molar-refractivity contribution in [3.05, 3.63) is 64.9 Å². The minimum absolute atomic E-state index is 0.0478. The molecule has 1 amide bonds. The van der Waals surface area contributed by atoms with Crippen LogP contribution in [0.25, 0.3) is 0 Å². The molecule has 1 aliphatic heterocycles. The molecule has 0 aliphatic carbocycles. The van der Waals surface area contributed by atoms with Crippen LogP contribution in [0, 0.1) is 5.82 Å². The van der Waals surface area contributed by atoms with Gasteiger partial charge in [0.2, 0.25) is 5.91 Å². The van der Waals surface area contributed by atoms with E-state index in [2.05, 4.69) is 0 Å². The molecule has 0 N–H and O–H groups in total. The maximum atomic E-state index is 13.0. The van der Waals surface area contributed by atoms with Crippen LogP contribution in [0.5, 0.6) is 0 Å². The Morgan fingerprint density at radius 1 is 1.10 bits per heavy atom. The predicted octanol–water partition coefficient (Wildman–Crippen LogP) is 4.26. The second-order valence-electron chi connectivity index (χ2n) is 4.46. The Hall–Kier alpha value is -1.52. The Bertz CT molecular complexity index is 629. The molecule has 0 aromatic heterocycles. The van der Waals surface area contributed by atoms with Gasteiger partial charge in [-0.05, 0) is 42.0 Å². The lowest BCUT2D eigenvalue weighted by atomic mass is 10.2. The molecule has 1 heterocycles. The van der Waals surface area contributed by atoms with Gasteiger partial charge in [0.05, 0.1) is 5.75 Å². The monoisotopic (exact) mass is 307 g/mol. The van der Waals surface area contributed by atoms with Crippen molar-refractivity contribution in [2.24, 2.45) is 0 Å². The largest absolute Gasteiger partial charge is 0.295 e. The van der Waals surface area contributed by atoms with Crippen molar-refractivity contribution in [1.29, 1.82) is 0 Å². The van der Waals surface area contributed by atoms with Gasteiger partial charge in [-0.3, -0.25) is 9.69 Å². The van der Waals surface area contributed by atoms with E-state index >= 15 is 0 Å². The molecule has 20 heavy (non-hydrogen) atoms. The van der Waals surface area contributed by atoms with E-state index < -0.39 is 0 Å².